The van der Waals surface area contributed by atoms with Crippen LogP contribution in [0, 0.1) is 11.6 Å². The average molecular weight is 377 g/mol. The summed E-state index contributed by atoms with van der Waals surface area (Å²) in [7, 11) is 0. The van der Waals surface area contributed by atoms with Crippen molar-refractivity contribution in [2.45, 2.75) is 13.0 Å². The van der Waals surface area contributed by atoms with Crippen LogP contribution in [0.25, 0.3) is 11.1 Å². The largest absolute Gasteiger partial charge is 0.312 e. The molecule has 3 aromatic carbocycles. The smallest absolute Gasteiger partial charge is 0.195 e. The Morgan fingerprint density at radius 1 is 0.929 bits per heavy atom. The molecule has 0 bridgehead atoms. The van der Waals surface area contributed by atoms with Gasteiger partial charge in [0.1, 0.15) is 11.6 Å². The summed E-state index contributed by atoms with van der Waals surface area (Å²) in [6.45, 7) is 5.39. The minimum atomic E-state index is -0.855. The number of halogens is 2. The number of ketones is 1. The third-order valence-corrected chi connectivity index (χ3v) is 4.46. The first-order chi connectivity index (χ1) is 13.6. The molecule has 0 aliphatic carbocycles. The normalized spacial score (nSPS) is 10.6. The van der Waals surface area contributed by atoms with Crippen LogP contribution in [-0.2, 0) is 6.54 Å². The molecule has 3 aromatic rings. The predicted octanol–water partition coefficient (Wildman–Crippen LogP) is 5.53. The van der Waals surface area contributed by atoms with Gasteiger partial charge < -0.3 is 5.32 Å². The van der Waals surface area contributed by atoms with Crippen LogP contribution in [0.1, 0.15) is 27.9 Å². The van der Waals surface area contributed by atoms with Crippen molar-refractivity contribution < 1.29 is 13.6 Å². The monoisotopic (exact) mass is 377 g/mol. The summed E-state index contributed by atoms with van der Waals surface area (Å²) in [6.07, 6.45) is 2.82. The lowest BCUT2D eigenvalue weighted by molar-refractivity contribution is 0.103. The second-order valence-electron chi connectivity index (χ2n) is 6.48. The van der Waals surface area contributed by atoms with Crippen LogP contribution in [0.3, 0.4) is 0 Å². The number of carbonyl (C=O) groups excluding carboxylic acids is 1. The van der Waals surface area contributed by atoms with Crippen molar-refractivity contribution in [1.82, 2.24) is 5.32 Å². The molecule has 1 N–H and O–H groups in total. The van der Waals surface area contributed by atoms with Crippen LogP contribution in [0.5, 0.6) is 0 Å². The molecule has 0 saturated heterocycles. The van der Waals surface area contributed by atoms with Crippen LogP contribution >= 0.6 is 0 Å². The number of hydrogen-bond donors (Lipinski definition) is 1. The van der Waals surface area contributed by atoms with Gasteiger partial charge in [0.05, 0.1) is 5.56 Å². The molecule has 0 aliphatic heterocycles. The van der Waals surface area contributed by atoms with Crippen molar-refractivity contribution >= 4 is 5.78 Å². The Hall–Kier alpha value is -3.11. The molecular formula is C24H21F2NO. The van der Waals surface area contributed by atoms with Gasteiger partial charge >= 0.3 is 0 Å². The Labute approximate surface area is 163 Å². The van der Waals surface area contributed by atoms with E-state index in [4.69, 9.17) is 0 Å². The fourth-order valence-corrected chi connectivity index (χ4v) is 2.90. The molecule has 0 unspecified atom stereocenters. The van der Waals surface area contributed by atoms with E-state index < -0.39 is 17.4 Å². The summed E-state index contributed by atoms with van der Waals surface area (Å²) < 4.78 is 26.9. The molecule has 4 heteroatoms. The molecule has 28 heavy (non-hydrogen) atoms. The maximum Gasteiger partial charge on any atom is 0.195 e. The summed E-state index contributed by atoms with van der Waals surface area (Å²) in [4.78, 5) is 12.4. The van der Waals surface area contributed by atoms with E-state index >= 15 is 0 Å². The van der Waals surface area contributed by atoms with Crippen molar-refractivity contribution in [3.05, 3.63) is 108 Å². The Balaban J connectivity index is 1.70. The second-order valence-corrected chi connectivity index (χ2v) is 6.48. The van der Waals surface area contributed by atoms with Crippen LogP contribution < -0.4 is 5.32 Å². The highest BCUT2D eigenvalue weighted by Gasteiger charge is 2.14. The summed E-state index contributed by atoms with van der Waals surface area (Å²) >= 11 is 0. The fourth-order valence-electron chi connectivity index (χ4n) is 2.90. The summed E-state index contributed by atoms with van der Waals surface area (Å²) in [5.74, 6) is -2.03. The van der Waals surface area contributed by atoms with Gasteiger partial charge in [0, 0.05) is 18.2 Å². The van der Waals surface area contributed by atoms with Crippen molar-refractivity contribution in [3.8, 4) is 11.1 Å². The zero-order valence-electron chi connectivity index (χ0n) is 15.4. The third-order valence-electron chi connectivity index (χ3n) is 4.46. The maximum absolute atomic E-state index is 13.8. The molecular weight excluding hydrogens is 356 g/mol. The van der Waals surface area contributed by atoms with Crippen molar-refractivity contribution in [1.29, 1.82) is 0 Å². The van der Waals surface area contributed by atoms with Crippen LogP contribution in [0.2, 0.25) is 0 Å². The first-order valence-corrected chi connectivity index (χ1v) is 9.09. The van der Waals surface area contributed by atoms with Gasteiger partial charge in [-0.3, -0.25) is 4.79 Å². The molecule has 0 fully saturated rings. The van der Waals surface area contributed by atoms with Gasteiger partial charge in [-0.2, -0.15) is 0 Å². The maximum atomic E-state index is 13.8. The van der Waals surface area contributed by atoms with Crippen molar-refractivity contribution in [3.63, 3.8) is 0 Å². The van der Waals surface area contributed by atoms with Gasteiger partial charge in [0.25, 0.3) is 0 Å². The molecule has 0 radical (unpaired) electrons. The molecule has 0 atom stereocenters. The summed E-state index contributed by atoms with van der Waals surface area (Å²) in [5.41, 5.74) is 3.40. The van der Waals surface area contributed by atoms with Gasteiger partial charge in [-0.25, -0.2) is 8.78 Å². The molecule has 0 saturated carbocycles. The first-order valence-electron chi connectivity index (χ1n) is 9.09. The minimum absolute atomic E-state index is 0.137. The molecule has 0 aromatic heterocycles. The summed E-state index contributed by atoms with van der Waals surface area (Å²) in [5, 5.41) is 3.34. The fraction of sp³-hybridized carbons (Fsp3) is 0.125. The Morgan fingerprint density at radius 3 is 2.18 bits per heavy atom. The van der Waals surface area contributed by atoms with Crippen molar-refractivity contribution in [2.75, 3.05) is 6.54 Å². The van der Waals surface area contributed by atoms with Gasteiger partial charge in [0.15, 0.2) is 5.78 Å². The number of carbonyl (C=O) groups is 1. The second kappa shape index (κ2) is 9.20. The van der Waals surface area contributed by atoms with E-state index in [1.165, 1.54) is 11.6 Å². The van der Waals surface area contributed by atoms with Crippen LogP contribution in [0.15, 0.2) is 79.4 Å². The molecule has 0 aliphatic rings. The number of nitrogens with one attached hydrogen (secondary N) is 1. The quantitative estimate of drug-likeness (QED) is 0.318. The Kier molecular flexibility index (Phi) is 6.45. The highest BCUT2D eigenvalue weighted by molar-refractivity contribution is 6.09. The predicted molar refractivity (Wildman–Crippen MR) is 108 cm³/mol. The van der Waals surface area contributed by atoms with Crippen LogP contribution in [0.4, 0.5) is 8.78 Å². The zero-order chi connectivity index (χ0) is 19.9. The number of rotatable bonds is 8. The van der Waals surface area contributed by atoms with Gasteiger partial charge in [-0.1, -0.05) is 54.6 Å². The lowest BCUT2D eigenvalue weighted by Crippen LogP contribution is -2.13. The molecule has 3 rings (SSSR count). The van der Waals surface area contributed by atoms with E-state index in [0.717, 1.165) is 42.8 Å². The standard InChI is InChI=1S/C24H21F2NO/c1-2-3-14-27-16-17-4-6-18(7-5-17)19-8-10-20(11-9-19)24(28)22-13-12-21(25)15-23(22)26/h2,4-13,15,27H,1,3,14,16H2. The van der Waals surface area contributed by atoms with E-state index in [1.54, 1.807) is 12.1 Å². The molecule has 142 valence electrons. The Morgan fingerprint density at radius 2 is 1.57 bits per heavy atom. The summed E-state index contributed by atoms with van der Waals surface area (Å²) in [6, 6.07) is 18.1. The van der Waals surface area contributed by atoms with Gasteiger partial charge in [-0.15, -0.1) is 6.58 Å². The van der Waals surface area contributed by atoms with E-state index in [0.29, 0.717) is 5.56 Å². The van der Waals surface area contributed by atoms with Crippen LogP contribution in [-0.4, -0.2) is 12.3 Å². The van der Waals surface area contributed by atoms with E-state index in [-0.39, 0.29) is 5.56 Å². The van der Waals surface area contributed by atoms with E-state index in [1.807, 2.05) is 30.3 Å². The van der Waals surface area contributed by atoms with Gasteiger partial charge in [-0.05, 0) is 41.8 Å². The number of hydrogen-bond acceptors (Lipinski definition) is 2. The molecule has 0 spiro atoms. The minimum Gasteiger partial charge on any atom is -0.312 e. The average Bonchev–Trinajstić information content (AvgIpc) is 2.71. The lowest BCUT2D eigenvalue weighted by atomic mass is 9.98. The SMILES string of the molecule is C=CCCNCc1ccc(-c2ccc(C(=O)c3ccc(F)cc3F)cc2)cc1. The first kappa shape index (κ1) is 19.6. The van der Waals surface area contributed by atoms with E-state index in [2.05, 4.69) is 24.0 Å². The van der Waals surface area contributed by atoms with Gasteiger partial charge in [0.2, 0.25) is 0 Å². The zero-order valence-corrected chi connectivity index (χ0v) is 15.4. The highest BCUT2D eigenvalue weighted by Crippen LogP contribution is 2.22. The Bertz CT molecular complexity index is 963. The lowest BCUT2D eigenvalue weighted by Gasteiger charge is -2.07. The van der Waals surface area contributed by atoms with Crippen molar-refractivity contribution in [2.24, 2.45) is 0 Å². The number of benzene rings is 3. The van der Waals surface area contributed by atoms with E-state index in [9.17, 15) is 13.6 Å². The third kappa shape index (κ3) is 4.78. The molecule has 0 amide bonds. The molecule has 2 nitrogen and oxygen atoms in total. The highest BCUT2D eigenvalue weighted by atomic mass is 19.1. The molecule has 0 heterocycles. The topological polar surface area (TPSA) is 29.1 Å².